The van der Waals surface area contributed by atoms with Crippen molar-refractivity contribution in [3.63, 3.8) is 0 Å². The number of ketones is 2. The van der Waals surface area contributed by atoms with Crippen LogP contribution in [0.2, 0.25) is 0 Å². The predicted octanol–water partition coefficient (Wildman–Crippen LogP) is 0.816. The number of Topliss-reactive ketones (excluding diaryl/α,β-unsaturated/α-hetero) is 2. The van der Waals surface area contributed by atoms with Gasteiger partial charge in [-0.05, 0) is 13.8 Å². The summed E-state index contributed by atoms with van der Waals surface area (Å²) in [4.78, 5) is 31.9. The summed E-state index contributed by atoms with van der Waals surface area (Å²) in [7, 11) is 0. The topological polar surface area (TPSA) is 95.4 Å². The van der Waals surface area contributed by atoms with Crippen LogP contribution in [0.3, 0.4) is 0 Å². The van der Waals surface area contributed by atoms with Gasteiger partial charge in [-0.25, -0.2) is 4.79 Å². The minimum atomic E-state index is -0.689. The number of hydrogen-bond acceptors (Lipinski definition) is 5. The minimum absolute atomic E-state index is 0. The van der Waals surface area contributed by atoms with E-state index >= 15 is 0 Å². The number of rotatable bonds is 5. The normalized spacial score (nSPS) is 8.43. The highest BCUT2D eigenvalue weighted by atomic mass is 16.5. The summed E-state index contributed by atoms with van der Waals surface area (Å²) < 4.78 is 4.53. The van der Waals surface area contributed by atoms with E-state index in [1.165, 1.54) is 13.8 Å². The third-order valence-electron chi connectivity index (χ3n) is 1.16. The molecule has 0 aromatic carbocycles. The number of carbonyl (C=O) groups is 3. The average molecular weight is 201 g/mol. The zero-order valence-electron chi connectivity index (χ0n) is 8.46. The van der Waals surface area contributed by atoms with Gasteiger partial charge in [0.25, 0.3) is 0 Å². The van der Waals surface area contributed by atoms with Gasteiger partial charge in [0.1, 0.15) is 12.4 Å². The molecular weight excluding hydrogens is 186 g/mol. The van der Waals surface area contributed by atoms with E-state index in [0.29, 0.717) is 0 Å². The maximum Gasteiger partial charge on any atom is 0.334 e. The van der Waals surface area contributed by atoms with Crippen molar-refractivity contribution >= 4 is 17.5 Å². The molecule has 5 heteroatoms. The molecule has 0 unspecified atom stereocenters. The third-order valence-corrected chi connectivity index (χ3v) is 1.16. The average Bonchev–Trinajstić information content (AvgIpc) is 1.98. The Morgan fingerprint density at radius 2 is 1.64 bits per heavy atom. The molecule has 0 rings (SSSR count). The van der Waals surface area contributed by atoms with Gasteiger partial charge in [0, 0.05) is 12.0 Å². The monoisotopic (exact) mass is 201 g/mol. The van der Waals surface area contributed by atoms with Gasteiger partial charge >= 0.3 is 5.97 Å². The summed E-state index contributed by atoms with van der Waals surface area (Å²) in [5.41, 5.74) is 0.0775. The Morgan fingerprint density at radius 3 is 2.00 bits per heavy atom. The molecule has 0 heterocycles. The molecule has 0 aliphatic carbocycles. The van der Waals surface area contributed by atoms with Crippen LogP contribution in [0.1, 0.15) is 20.3 Å². The lowest BCUT2D eigenvalue weighted by Gasteiger charge is -2.02. The molecule has 0 radical (unpaired) electrons. The van der Waals surface area contributed by atoms with Gasteiger partial charge in [-0.1, -0.05) is 6.58 Å². The van der Waals surface area contributed by atoms with Gasteiger partial charge in [-0.2, -0.15) is 0 Å². The van der Waals surface area contributed by atoms with Crippen molar-refractivity contribution in [2.24, 2.45) is 0 Å². The molecule has 0 aliphatic heterocycles. The first-order valence-corrected chi connectivity index (χ1v) is 3.77. The second-order valence-electron chi connectivity index (χ2n) is 2.76. The number of hydrogen-bond donors (Lipinski definition) is 1. The van der Waals surface area contributed by atoms with Crippen LogP contribution >= 0.6 is 0 Å². The number of carbonyl (C=O) groups excluding carboxylic acids is 3. The minimum Gasteiger partial charge on any atom is -0.454 e. The van der Waals surface area contributed by atoms with Crippen molar-refractivity contribution < 1.29 is 19.1 Å². The summed E-state index contributed by atoms with van der Waals surface area (Å²) in [6.07, 6.45) is -0.0310. The molecule has 0 amide bonds. The number of ether oxygens (including phenoxy) is 1. The van der Waals surface area contributed by atoms with Gasteiger partial charge in [0.2, 0.25) is 0 Å². The Morgan fingerprint density at radius 1 is 1.14 bits per heavy atom. The fourth-order valence-corrected chi connectivity index (χ4v) is 0.642. The quantitative estimate of drug-likeness (QED) is 0.524. The van der Waals surface area contributed by atoms with Crippen LogP contribution in [-0.4, -0.2) is 24.1 Å². The van der Waals surface area contributed by atoms with Crippen LogP contribution in [-0.2, 0) is 19.1 Å². The zero-order valence-corrected chi connectivity index (χ0v) is 8.46. The van der Waals surface area contributed by atoms with Crippen molar-refractivity contribution in [3.05, 3.63) is 12.2 Å². The van der Waals surface area contributed by atoms with Crippen LogP contribution in [0.25, 0.3) is 0 Å². The first-order chi connectivity index (χ1) is 5.93. The molecule has 5 nitrogen and oxygen atoms in total. The molecular formula is C9H15NO4. The Labute approximate surface area is 82.7 Å². The molecule has 0 fully saturated rings. The van der Waals surface area contributed by atoms with E-state index in [1.54, 1.807) is 0 Å². The first kappa shape index (κ1) is 15.0. The van der Waals surface area contributed by atoms with Crippen molar-refractivity contribution in [2.75, 3.05) is 6.61 Å². The largest absolute Gasteiger partial charge is 0.454 e. The smallest absolute Gasteiger partial charge is 0.334 e. The second-order valence-corrected chi connectivity index (χ2v) is 2.76. The van der Waals surface area contributed by atoms with Gasteiger partial charge < -0.3 is 10.9 Å². The fourth-order valence-electron chi connectivity index (χ4n) is 0.642. The van der Waals surface area contributed by atoms with Crippen molar-refractivity contribution in [1.82, 2.24) is 6.15 Å². The van der Waals surface area contributed by atoms with Crippen LogP contribution in [0.5, 0.6) is 0 Å². The third kappa shape index (κ3) is 7.17. The van der Waals surface area contributed by atoms with Crippen molar-refractivity contribution in [2.45, 2.75) is 20.3 Å². The molecule has 0 aromatic heterocycles. The highest BCUT2D eigenvalue weighted by Gasteiger charge is 2.10. The van der Waals surface area contributed by atoms with Gasteiger partial charge in [0.15, 0.2) is 5.78 Å². The Hall–Kier alpha value is -1.49. The fraction of sp³-hybridized carbons (Fsp3) is 0.444. The Kier molecular flexibility index (Phi) is 7.47. The van der Waals surface area contributed by atoms with E-state index in [-0.39, 0.29) is 36.3 Å². The highest BCUT2D eigenvalue weighted by molar-refractivity contribution is 5.95. The van der Waals surface area contributed by atoms with E-state index in [0.717, 1.165) is 0 Å². The molecule has 0 saturated carbocycles. The van der Waals surface area contributed by atoms with Gasteiger partial charge in [-0.15, -0.1) is 0 Å². The first-order valence-electron chi connectivity index (χ1n) is 3.77. The summed E-state index contributed by atoms with van der Waals surface area (Å²) >= 11 is 0. The maximum atomic E-state index is 11.0. The number of esters is 1. The lowest BCUT2D eigenvalue weighted by Crippen LogP contribution is -2.14. The van der Waals surface area contributed by atoms with Crippen LogP contribution in [0, 0.1) is 0 Å². The van der Waals surface area contributed by atoms with Gasteiger partial charge in [-0.3, -0.25) is 9.59 Å². The van der Waals surface area contributed by atoms with Crippen LogP contribution in [0.15, 0.2) is 12.2 Å². The Bertz CT molecular complexity index is 258. The summed E-state index contributed by atoms with van der Waals surface area (Å²) in [6, 6.07) is 0. The molecule has 0 atom stereocenters. The van der Waals surface area contributed by atoms with E-state index in [4.69, 9.17) is 0 Å². The molecule has 0 bridgehead atoms. The molecule has 0 aliphatic rings. The van der Waals surface area contributed by atoms with Crippen LogP contribution < -0.4 is 6.15 Å². The van der Waals surface area contributed by atoms with E-state index in [1.807, 2.05) is 0 Å². The lowest BCUT2D eigenvalue weighted by molar-refractivity contribution is -0.144. The lowest BCUT2D eigenvalue weighted by atomic mass is 10.2. The van der Waals surface area contributed by atoms with E-state index in [9.17, 15) is 14.4 Å². The molecule has 0 aromatic rings. The van der Waals surface area contributed by atoms with E-state index < -0.39 is 5.97 Å². The van der Waals surface area contributed by atoms with Crippen molar-refractivity contribution in [1.29, 1.82) is 0 Å². The molecule has 14 heavy (non-hydrogen) atoms. The zero-order chi connectivity index (χ0) is 10.4. The molecule has 0 spiro atoms. The second kappa shape index (κ2) is 6.97. The van der Waals surface area contributed by atoms with E-state index in [2.05, 4.69) is 11.3 Å². The maximum absolute atomic E-state index is 11.0. The predicted molar refractivity (Wildman–Crippen MR) is 51.1 cm³/mol. The summed E-state index contributed by atoms with van der Waals surface area (Å²) in [5, 5.41) is 0. The SMILES string of the molecule is C=C(CC(C)=O)C(=O)OCC(C)=O.N. The summed E-state index contributed by atoms with van der Waals surface area (Å²) in [5.74, 6) is -1.10. The van der Waals surface area contributed by atoms with Gasteiger partial charge in [0.05, 0.1) is 0 Å². The highest BCUT2D eigenvalue weighted by Crippen LogP contribution is 2.01. The van der Waals surface area contributed by atoms with Crippen LogP contribution in [0.4, 0.5) is 0 Å². The molecule has 80 valence electrons. The molecule has 3 N–H and O–H groups in total. The summed E-state index contributed by atoms with van der Waals surface area (Å²) in [6.45, 7) is 5.76. The standard InChI is InChI=1S/C9H12O4.H3N/c1-6(4-7(2)10)9(12)13-5-8(3)11;/h1,4-5H2,2-3H3;1H3. The molecule has 0 saturated heterocycles. The van der Waals surface area contributed by atoms with Crippen molar-refractivity contribution in [3.8, 4) is 0 Å². The Balaban J connectivity index is 0.